The number of halogens is 1. The SMILES string of the molecule is C=CCOc1ccc(CNCCOC)cc1OC.Cl. The van der Waals surface area contributed by atoms with Crippen molar-refractivity contribution in [3.63, 3.8) is 0 Å². The molecule has 1 rings (SSSR count). The molecule has 0 bridgehead atoms. The van der Waals surface area contributed by atoms with E-state index < -0.39 is 0 Å². The lowest BCUT2D eigenvalue weighted by atomic mass is 10.2. The molecule has 0 amide bonds. The monoisotopic (exact) mass is 287 g/mol. The summed E-state index contributed by atoms with van der Waals surface area (Å²) in [6.07, 6.45) is 1.71. The largest absolute Gasteiger partial charge is 0.493 e. The highest BCUT2D eigenvalue weighted by Crippen LogP contribution is 2.27. The Labute approximate surface area is 121 Å². The van der Waals surface area contributed by atoms with Gasteiger partial charge in [-0.1, -0.05) is 18.7 Å². The number of hydrogen-bond donors (Lipinski definition) is 1. The number of hydrogen-bond acceptors (Lipinski definition) is 4. The fourth-order valence-corrected chi connectivity index (χ4v) is 1.50. The van der Waals surface area contributed by atoms with Crippen LogP contribution in [0.2, 0.25) is 0 Å². The van der Waals surface area contributed by atoms with Crippen molar-refractivity contribution in [1.29, 1.82) is 0 Å². The highest BCUT2D eigenvalue weighted by molar-refractivity contribution is 5.85. The maximum absolute atomic E-state index is 5.49. The zero-order chi connectivity index (χ0) is 13.2. The molecule has 0 aliphatic rings. The van der Waals surface area contributed by atoms with Crippen LogP contribution < -0.4 is 14.8 Å². The van der Waals surface area contributed by atoms with E-state index in [9.17, 15) is 0 Å². The number of ether oxygens (including phenoxy) is 3. The molecule has 1 N–H and O–H groups in total. The highest BCUT2D eigenvalue weighted by atomic mass is 35.5. The van der Waals surface area contributed by atoms with Crippen molar-refractivity contribution in [3.05, 3.63) is 36.4 Å². The van der Waals surface area contributed by atoms with E-state index in [1.165, 1.54) is 0 Å². The average molecular weight is 288 g/mol. The van der Waals surface area contributed by atoms with Gasteiger partial charge in [0.1, 0.15) is 6.61 Å². The van der Waals surface area contributed by atoms with Gasteiger partial charge < -0.3 is 19.5 Å². The molecule has 4 nitrogen and oxygen atoms in total. The molecule has 0 spiro atoms. The fraction of sp³-hybridized carbons (Fsp3) is 0.429. The molecule has 0 aromatic heterocycles. The smallest absolute Gasteiger partial charge is 0.161 e. The average Bonchev–Trinajstić information content (AvgIpc) is 2.41. The van der Waals surface area contributed by atoms with E-state index in [0.717, 1.165) is 30.2 Å². The topological polar surface area (TPSA) is 39.7 Å². The third-order valence-electron chi connectivity index (χ3n) is 2.40. The lowest BCUT2D eigenvalue weighted by molar-refractivity contribution is 0.199. The molecule has 0 aliphatic carbocycles. The molecule has 1 aromatic rings. The highest BCUT2D eigenvalue weighted by Gasteiger charge is 2.04. The zero-order valence-corrected chi connectivity index (χ0v) is 12.3. The van der Waals surface area contributed by atoms with E-state index in [0.29, 0.717) is 13.2 Å². The van der Waals surface area contributed by atoms with Crippen molar-refractivity contribution < 1.29 is 14.2 Å². The van der Waals surface area contributed by atoms with Gasteiger partial charge in [-0.3, -0.25) is 0 Å². The van der Waals surface area contributed by atoms with Gasteiger partial charge in [-0.15, -0.1) is 12.4 Å². The first-order chi connectivity index (χ1) is 8.81. The Hall–Kier alpha value is -1.23. The Morgan fingerprint density at radius 3 is 2.68 bits per heavy atom. The van der Waals surface area contributed by atoms with E-state index in [1.54, 1.807) is 20.3 Å². The second-order valence-electron chi connectivity index (χ2n) is 3.75. The number of rotatable bonds is 9. The summed E-state index contributed by atoms with van der Waals surface area (Å²) in [5.41, 5.74) is 1.15. The summed E-state index contributed by atoms with van der Waals surface area (Å²) in [4.78, 5) is 0. The van der Waals surface area contributed by atoms with Gasteiger partial charge >= 0.3 is 0 Å². The first-order valence-corrected chi connectivity index (χ1v) is 5.92. The number of nitrogens with one attached hydrogen (secondary N) is 1. The van der Waals surface area contributed by atoms with Crippen LogP contribution in [0, 0.1) is 0 Å². The molecule has 0 saturated heterocycles. The number of methoxy groups -OCH3 is 2. The first-order valence-electron chi connectivity index (χ1n) is 5.92. The third-order valence-corrected chi connectivity index (χ3v) is 2.40. The Balaban J connectivity index is 0.00000324. The molecular weight excluding hydrogens is 266 g/mol. The Kier molecular flexibility index (Phi) is 9.98. The van der Waals surface area contributed by atoms with Crippen LogP contribution >= 0.6 is 12.4 Å². The molecule has 0 radical (unpaired) electrons. The molecule has 5 heteroatoms. The molecule has 0 aliphatic heterocycles. The quantitative estimate of drug-likeness (QED) is 0.559. The van der Waals surface area contributed by atoms with Crippen LogP contribution in [0.4, 0.5) is 0 Å². The van der Waals surface area contributed by atoms with E-state index in [4.69, 9.17) is 14.2 Å². The van der Waals surface area contributed by atoms with Gasteiger partial charge in [0.2, 0.25) is 0 Å². The Morgan fingerprint density at radius 1 is 1.26 bits per heavy atom. The standard InChI is InChI=1S/C14H21NO3.ClH/c1-4-8-18-13-6-5-12(10-14(13)17-3)11-15-7-9-16-2;/h4-6,10,15H,1,7-9,11H2,2-3H3;1H. The molecule has 0 unspecified atom stereocenters. The minimum absolute atomic E-state index is 0. The van der Waals surface area contributed by atoms with Gasteiger partial charge in [-0.2, -0.15) is 0 Å². The van der Waals surface area contributed by atoms with Crippen LogP contribution in [-0.2, 0) is 11.3 Å². The molecule has 0 atom stereocenters. The van der Waals surface area contributed by atoms with Gasteiger partial charge in [-0.25, -0.2) is 0 Å². The zero-order valence-electron chi connectivity index (χ0n) is 11.5. The third kappa shape index (κ3) is 6.47. The van der Waals surface area contributed by atoms with Gasteiger partial charge in [0.25, 0.3) is 0 Å². The van der Waals surface area contributed by atoms with Crippen LogP contribution in [0.25, 0.3) is 0 Å². The van der Waals surface area contributed by atoms with Crippen molar-refractivity contribution in [2.24, 2.45) is 0 Å². The van der Waals surface area contributed by atoms with E-state index in [1.807, 2.05) is 18.2 Å². The normalized spacial score (nSPS) is 9.58. The predicted molar refractivity (Wildman–Crippen MR) is 79.5 cm³/mol. The maximum Gasteiger partial charge on any atom is 0.161 e. The summed E-state index contributed by atoms with van der Waals surface area (Å²) in [5.74, 6) is 1.47. The summed E-state index contributed by atoms with van der Waals surface area (Å²) >= 11 is 0. The molecule has 0 fully saturated rings. The van der Waals surface area contributed by atoms with Gasteiger partial charge in [0, 0.05) is 20.2 Å². The minimum Gasteiger partial charge on any atom is -0.493 e. The van der Waals surface area contributed by atoms with Crippen molar-refractivity contribution in [2.75, 3.05) is 34.0 Å². The summed E-state index contributed by atoms with van der Waals surface area (Å²) in [7, 11) is 3.33. The molecule has 1 aromatic carbocycles. The van der Waals surface area contributed by atoms with E-state index in [-0.39, 0.29) is 12.4 Å². The van der Waals surface area contributed by atoms with Crippen LogP contribution in [-0.4, -0.2) is 34.0 Å². The van der Waals surface area contributed by atoms with Crippen molar-refractivity contribution in [1.82, 2.24) is 5.32 Å². The van der Waals surface area contributed by atoms with Gasteiger partial charge in [-0.05, 0) is 17.7 Å². The molecule has 19 heavy (non-hydrogen) atoms. The first kappa shape index (κ1) is 17.8. The summed E-state index contributed by atoms with van der Waals surface area (Å²) in [6.45, 7) is 6.41. The van der Waals surface area contributed by atoms with Gasteiger partial charge in [0.15, 0.2) is 11.5 Å². The van der Waals surface area contributed by atoms with Crippen LogP contribution in [0.1, 0.15) is 5.56 Å². The van der Waals surface area contributed by atoms with Crippen molar-refractivity contribution >= 4 is 12.4 Å². The molecule has 108 valence electrons. The second-order valence-corrected chi connectivity index (χ2v) is 3.75. The predicted octanol–water partition coefficient (Wildman–Crippen LogP) is 2.42. The molecule has 0 saturated carbocycles. The van der Waals surface area contributed by atoms with Gasteiger partial charge in [0.05, 0.1) is 13.7 Å². The van der Waals surface area contributed by atoms with E-state index in [2.05, 4.69) is 11.9 Å². The fourth-order valence-electron chi connectivity index (χ4n) is 1.50. The van der Waals surface area contributed by atoms with Crippen molar-refractivity contribution in [3.8, 4) is 11.5 Å². The molecule has 0 heterocycles. The van der Waals surface area contributed by atoms with Crippen LogP contribution in [0.5, 0.6) is 11.5 Å². The summed E-state index contributed by atoms with van der Waals surface area (Å²) in [6, 6.07) is 5.90. The second kappa shape index (κ2) is 10.7. The Bertz CT molecular complexity index is 372. The van der Waals surface area contributed by atoms with Crippen LogP contribution in [0.15, 0.2) is 30.9 Å². The molecular formula is C14H22ClNO3. The lowest BCUT2D eigenvalue weighted by Gasteiger charge is -2.11. The lowest BCUT2D eigenvalue weighted by Crippen LogP contribution is -2.18. The number of benzene rings is 1. The minimum atomic E-state index is 0. The van der Waals surface area contributed by atoms with E-state index >= 15 is 0 Å². The van der Waals surface area contributed by atoms with Crippen LogP contribution in [0.3, 0.4) is 0 Å². The summed E-state index contributed by atoms with van der Waals surface area (Å²) in [5, 5.41) is 3.28. The van der Waals surface area contributed by atoms with Crippen molar-refractivity contribution in [2.45, 2.75) is 6.54 Å². The Morgan fingerprint density at radius 2 is 2.05 bits per heavy atom. The summed E-state index contributed by atoms with van der Waals surface area (Å²) < 4.78 is 15.8. The maximum atomic E-state index is 5.49.